The van der Waals surface area contributed by atoms with Crippen LogP contribution in [0, 0.1) is 0 Å². The van der Waals surface area contributed by atoms with Gasteiger partial charge in [-0.2, -0.15) is 0 Å². The highest BCUT2D eigenvalue weighted by molar-refractivity contribution is 6.46. The van der Waals surface area contributed by atoms with Gasteiger partial charge in [0, 0.05) is 24.5 Å². The number of aliphatic hydroxyl groups excluding tert-OH is 1. The second-order valence-electron chi connectivity index (χ2n) is 7.57. The van der Waals surface area contributed by atoms with E-state index in [2.05, 4.69) is 4.98 Å². The monoisotopic (exact) mass is 416 g/mol. The van der Waals surface area contributed by atoms with Gasteiger partial charge in [-0.05, 0) is 66.4 Å². The maximum absolute atomic E-state index is 13.0. The number of carbonyl (C=O) groups is 2. The van der Waals surface area contributed by atoms with E-state index in [0.29, 0.717) is 17.9 Å². The molecule has 3 aromatic rings. The fraction of sp³-hybridized carbons (Fsp3) is 0.208. The molecule has 4 heterocycles. The summed E-state index contributed by atoms with van der Waals surface area (Å²) < 4.78 is 11.2. The van der Waals surface area contributed by atoms with E-state index >= 15 is 0 Å². The number of nitrogens with zero attached hydrogens (tertiary/aromatic N) is 2. The van der Waals surface area contributed by atoms with Gasteiger partial charge in [0.05, 0.1) is 18.4 Å². The van der Waals surface area contributed by atoms with Crippen LogP contribution in [0.1, 0.15) is 34.9 Å². The van der Waals surface area contributed by atoms with Crippen LogP contribution in [-0.2, 0) is 22.6 Å². The Hall–Kier alpha value is -3.87. The zero-order chi connectivity index (χ0) is 21.4. The summed E-state index contributed by atoms with van der Waals surface area (Å²) in [5, 5.41) is 11.2. The summed E-state index contributed by atoms with van der Waals surface area (Å²) in [6.07, 6.45) is 6.46. The first-order valence-electron chi connectivity index (χ1n) is 10.1. The number of pyridine rings is 1. The Morgan fingerprint density at radius 1 is 1.16 bits per heavy atom. The molecule has 31 heavy (non-hydrogen) atoms. The Kier molecular flexibility index (Phi) is 4.78. The number of ketones is 1. The van der Waals surface area contributed by atoms with Gasteiger partial charge in [-0.25, -0.2) is 0 Å². The summed E-state index contributed by atoms with van der Waals surface area (Å²) in [5.74, 6) is -0.437. The fourth-order valence-electron chi connectivity index (χ4n) is 4.13. The number of hydrogen-bond acceptors (Lipinski definition) is 6. The van der Waals surface area contributed by atoms with Crippen LogP contribution in [0.2, 0.25) is 0 Å². The maximum atomic E-state index is 13.0. The minimum Gasteiger partial charge on any atom is -0.507 e. The zero-order valence-corrected chi connectivity index (χ0v) is 16.7. The Morgan fingerprint density at radius 3 is 2.77 bits per heavy atom. The number of likely N-dealkylation sites (tertiary alicyclic amines) is 1. The molecule has 2 aliphatic heterocycles. The van der Waals surface area contributed by atoms with Gasteiger partial charge in [-0.15, -0.1) is 0 Å². The van der Waals surface area contributed by atoms with Crippen molar-refractivity contribution in [3.05, 3.63) is 89.1 Å². The van der Waals surface area contributed by atoms with Gasteiger partial charge in [-0.3, -0.25) is 14.6 Å². The summed E-state index contributed by atoms with van der Waals surface area (Å²) in [7, 11) is 0. The van der Waals surface area contributed by atoms with Crippen molar-refractivity contribution in [2.24, 2.45) is 0 Å². The molecule has 0 aliphatic carbocycles. The molecule has 1 amide bonds. The lowest BCUT2D eigenvalue weighted by molar-refractivity contribution is -0.140. The van der Waals surface area contributed by atoms with Gasteiger partial charge in [0.15, 0.2) is 0 Å². The molecule has 7 nitrogen and oxygen atoms in total. The standard InChI is InChI=1S/C24H20N2O5/c27-22(17-5-6-18-16(13-17)3-1-11-30-18)20-21(19-4-2-12-31-19)26(24(29)23(20)28)14-15-7-9-25-10-8-15/h2,4-10,12-13,21,27H,1,3,11,14H2/b22-20-. The molecular weight excluding hydrogens is 396 g/mol. The highest BCUT2D eigenvalue weighted by Crippen LogP contribution is 2.41. The summed E-state index contributed by atoms with van der Waals surface area (Å²) in [4.78, 5) is 31.4. The molecule has 7 heteroatoms. The second kappa shape index (κ2) is 7.75. The third kappa shape index (κ3) is 3.38. The Morgan fingerprint density at radius 2 is 2.00 bits per heavy atom. The molecule has 5 rings (SSSR count). The number of rotatable bonds is 4. The molecule has 2 aliphatic rings. The minimum absolute atomic E-state index is 0.0192. The van der Waals surface area contributed by atoms with Gasteiger partial charge in [-0.1, -0.05) is 0 Å². The molecule has 1 aromatic carbocycles. The van der Waals surface area contributed by atoms with Crippen molar-refractivity contribution in [1.82, 2.24) is 9.88 Å². The number of aryl methyl sites for hydroxylation is 1. The van der Waals surface area contributed by atoms with Crippen LogP contribution in [0.25, 0.3) is 5.76 Å². The third-order valence-electron chi connectivity index (χ3n) is 5.64. The van der Waals surface area contributed by atoms with Crippen molar-refractivity contribution in [3.63, 3.8) is 0 Å². The van der Waals surface area contributed by atoms with Gasteiger partial charge in [0.1, 0.15) is 23.3 Å². The molecule has 1 atom stereocenters. The topological polar surface area (TPSA) is 92.9 Å². The number of aliphatic hydroxyl groups is 1. The lowest BCUT2D eigenvalue weighted by Gasteiger charge is -2.23. The number of amides is 1. The molecule has 0 bridgehead atoms. The molecule has 0 spiro atoms. The number of aromatic nitrogens is 1. The van der Waals surface area contributed by atoms with E-state index in [1.54, 1.807) is 48.8 Å². The highest BCUT2D eigenvalue weighted by Gasteiger charge is 2.47. The number of ether oxygens (including phenoxy) is 1. The molecule has 0 saturated carbocycles. The number of furan rings is 1. The van der Waals surface area contributed by atoms with Crippen LogP contribution in [0.15, 0.2) is 71.1 Å². The molecule has 0 radical (unpaired) electrons. The number of fused-ring (bicyclic) bond motifs is 1. The third-order valence-corrected chi connectivity index (χ3v) is 5.64. The molecular formula is C24H20N2O5. The second-order valence-corrected chi connectivity index (χ2v) is 7.57. The predicted molar refractivity (Wildman–Crippen MR) is 111 cm³/mol. The smallest absolute Gasteiger partial charge is 0.296 e. The first-order valence-corrected chi connectivity index (χ1v) is 10.1. The molecule has 1 N–H and O–H groups in total. The molecule has 2 aromatic heterocycles. The van der Waals surface area contributed by atoms with Crippen molar-refractivity contribution in [3.8, 4) is 5.75 Å². The van der Waals surface area contributed by atoms with Crippen LogP contribution < -0.4 is 4.74 Å². The highest BCUT2D eigenvalue weighted by atomic mass is 16.5. The van der Waals surface area contributed by atoms with Gasteiger partial charge in [0.2, 0.25) is 0 Å². The van der Waals surface area contributed by atoms with Crippen molar-refractivity contribution < 1.29 is 23.8 Å². The normalized spacial score (nSPS) is 19.9. The molecule has 156 valence electrons. The van der Waals surface area contributed by atoms with Crippen LogP contribution in [0.3, 0.4) is 0 Å². The van der Waals surface area contributed by atoms with Crippen molar-refractivity contribution in [1.29, 1.82) is 0 Å². The van der Waals surface area contributed by atoms with Gasteiger partial charge < -0.3 is 19.2 Å². The predicted octanol–water partition coefficient (Wildman–Crippen LogP) is 3.62. The number of Topliss-reactive ketones (excluding diaryl/α,β-unsaturated/α-hetero) is 1. The van der Waals surface area contributed by atoms with E-state index < -0.39 is 17.7 Å². The van der Waals surface area contributed by atoms with Crippen LogP contribution in [-0.4, -0.2) is 33.3 Å². The van der Waals surface area contributed by atoms with Crippen molar-refractivity contribution in [2.45, 2.75) is 25.4 Å². The SMILES string of the molecule is O=C1C(=O)N(Cc2ccncc2)C(c2ccco2)/C1=C(/O)c1ccc2c(c1)CCCO2. The maximum Gasteiger partial charge on any atom is 0.296 e. The average Bonchev–Trinajstić information content (AvgIpc) is 3.42. The number of hydrogen-bond donors (Lipinski definition) is 1. The first kappa shape index (κ1) is 19.1. The van der Waals surface area contributed by atoms with Gasteiger partial charge in [0.25, 0.3) is 11.7 Å². The van der Waals surface area contributed by atoms with Crippen LogP contribution in [0.4, 0.5) is 0 Å². The van der Waals surface area contributed by atoms with E-state index in [1.807, 2.05) is 6.07 Å². The Balaban J connectivity index is 1.60. The fourth-order valence-corrected chi connectivity index (χ4v) is 4.13. The summed E-state index contributed by atoms with van der Waals surface area (Å²) in [6.45, 7) is 0.851. The first-order chi connectivity index (χ1) is 15.1. The minimum atomic E-state index is -0.824. The van der Waals surface area contributed by atoms with E-state index in [-0.39, 0.29) is 17.9 Å². The van der Waals surface area contributed by atoms with E-state index in [1.165, 1.54) is 11.2 Å². The number of benzene rings is 1. The van der Waals surface area contributed by atoms with Crippen LogP contribution in [0.5, 0.6) is 5.75 Å². The molecule has 1 saturated heterocycles. The largest absolute Gasteiger partial charge is 0.507 e. The van der Waals surface area contributed by atoms with Crippen molar-refractivity contribution in [2.75, 3.05) is 6.61 Å². The van der Waals surface area contributed by atoms with Crippen molar-refractivity contribution >= 4 is 17.4 Å². The lowest BCUT2D eigenvalue weighted by atomic mass is 9.96. The Labute approximate surface area is 178 Å². The zero-order valence-electron chi connectivity index (χ0n) is 16.7. The van der Waals surface area contributed by atoms with E-state index in [0.717, 1.165) is 29.7 Å². The molecule has 1 unspecified atom stereocenters. The average molecular weight is 416 g/mol. The van der Waals surface area contributed by atoms with Gasteiger partial charge >= 0.3 is 0 Å². The molecule has 1 fully saturated rings. The van der Waals surface area contributed by atoms with E-state index in [9.17, 15) is 14.7 Å². The lowest BCUT2D eigenvalue weighted by Crippen LogP contribution is -2.29. The van der Waals surface area contributed by atoms with Crippen LogP contribution >= 0.6 is 0 Å². The summed E-state index contributed by atoms with van der Waals surface area (Å²) in [6, 6.07) is 11.4. The Bertz CT molecular complexity index is 1170. The number of carbonyl (C=O) groups excluding carboxylic acids is 2. The summed E-state index contributed by atoms with van der Waals surface area (Å²) in [5.41, 5.74) is 2.28. The summed E-state index contributed by atoms with van der Waals surface area (Å²) >= 11 is 0. The quantitative estimate of drug-likeness (QED) is 0.397. The van der Waals surface area contributed by atoms with E-state index in [4.69, 9.17) is 9.15 Å².